The number of likely N-dealkylation sites (tertiary alicyclic amines) is 1. The van der Waals surface area contributed by atoms with Crippen LogP contribution in [0.25, 0.3) is 10.9 Å². The molecule has 1 aliphatic heterocycles. The Balaban J connectivity index is 1.48. The van der Waals surface area contributed by atoms with Gasteiger partial charge in [0.05, 0.1) is 17.0 Å². The number of rotatable bonds is 4. The number of hydrogen-bond donors (Lipinski definition) is 0. The summed E-state index contributed by atoms with van der Waals surface area (Å²) in [5.41, 5.74) is -0.00798. The molecule has 0 aliphatic carbocycles. The highest BCUT2D eigenvalue weighted by Crippen LogP contribution is 2.30. The Morgan fingerprint density at radius 2 is 1.87 bits per heavy atom. The number of ether oxygens (including phenoxy) is 1. The van der Waals surface area contributed by atoms with Crippen LogP contribution in [0, 0.1) is 5.92 Å². The van der Waals surface area contributed by atoms with E-state index >= 15 is 0 Å². The molecule has 3 heterocycles. The number of fused-ring (bicyclic) bond motifs is 1. The van der Waals surface area contributed by atoms with Gasteiger partial charge < -0.3 is 9.64 Å². The van der Waals surface area contributed by atoms with Gasteiger partial charge in [-0.05, 0) is 37.3 Å². The number of aromatic nitrogens is 2. The van der Waals surface area contributed by atoms with Gasteiger partial charge in [0.25, 0.3) is 5.91 Å². The van der Waals surface area contributed by atoms with Gasteiger partial charge >= 0.3 is 6.18 Å². The lowest BCUT2D eigenvalue weighted by Gasteiger charge is -2.37. The Morgan fingerprint density at radius 3 is 2.50 bits per heavy atom. The van der Waals surface area contributed by atoms with Crippen molar-refractivity contribution >= 4 is 22.6 Å². The molecule has 1 aliphatic rings. The molecule has 9 heteroatoms. The molecule has 0 unspecified atom stereocenters. The summed E-state index contributed by atoms with van der Waals surface area (Å²) >= 11 is 0. The molecule has 0 radical (unpaired) electrons. The Labute approximate surface area is 169 Å². The minimum absolute atomic E-state index is 0.0277. The highest BCUT2D eigenvalue weighted by molar-refractivity contribution is 5.96. The number of nitrogens with zero attached hydrogens (tertiary/aromatic N) is 3. The van der Waals surface area contributed by atoms with E-state index in [2.05, 4.69) is 9.97 Å². The maximum atomic E-state index is 12.6. The molecule has 2 aromatic heterocycles. The van der Waals surface area contributed by atoms with E-state index in [-0.39, 0.29) is 29.2 Å². The van der Waals surface area contributed by atoms with Crippen molar-refractivity contribution in [3.8, 4) is 11.6 Å². The summed E-state index contributed by atoms with van der Waals surface area (Å²) < 4.78 is 43.4. The molecule has 1 amide bonds. The molecule has 0 spiro atoms. The minimum Gasteiger partial charge on any atom is -0.439 e. The first-order valence-corrected chi connectivity index (χ1v) is 9.12. The zero-order valence-electron chi connectivity index (χ0n) is 15.8. The number of Topliss-reactive ketones (excluding diaryl/α,β-unsaturated/α-hetero) is 1. The van der Waals surface area contributed by atoms with Gasteiger partial charge in [-0.1, -0.05) is 6.07 Å². The number of pyridine rings is 2. The summed E-state index contributed by atoms with van der Waals surface area (Å²) in [4.78, 5) is 33.4. The number of carbonyl (C=O) groups excluding carboxylic acids is 2. The van der Waals surface area contributed by atoms with E-state index in [4.69, 9.17) is 4.74 Å². The first-order chi connectivity index (χ1) is 14.2. The van der Waals surface area contributed by atoms with Crippen molar-refractivity contribution in [2.45, 2.75) is 13.1 Å². The summed E-state index contributed by atoms with van der Waals surface area (Å²) in [5, 5.41) is 0.696. The maximum absolute atomic E-state index is 12.6. The molecule has 1 aromatic carbocycles. The number of carbonyl (C=O) groups is 2. The number of benzene rings is 1. The minimum atomic E-state index is -4.46. The largest absolute Gasteiger partial charge is 0.439 e. The van der Waals surface area contributed by atoms with E-state index in [0.717, 1.165) is 12.1 Å². The average molecular weight is 415 g/mol. The molecular formula is C21H16F3N3O3. The molecule has 1 saturated heterocycles. The number of alkyl halides is 3. The molecular weight excluding hydrogens is 399 g/mol. The quantitative estimate of drug-likeness (QED) is 0.642. The molecule has 1 fully saturated rings. The molecule has 6 nitrogen and oxygen atoms in total. The highest BCUT2D eigenvalue weighted by Gasteiger charge is 2.34. The van der Waals surface area contributed by atoms with E-state index in [1.54, 1.807) is 35.2 Å². The van der Waals surface area contributed by atoms with Gasteiger partial charge in [-0.15, -0.1) is 0 Å². The SMILES string of the molecule is CC(=O)C1CN(C(=O)c2ccc3cc(Oc4ccc(C(F)(F)F)cn4)ccc3n2)C1. The summed E-state index contributed by atoms with van der Waals surface area (Å²) in [6.45, 7) is 2.32. The molecule has 0 atom stereocenters. The van der Waals surface area contributed by atoms with E-state index in [9.17, 15) is 22.8 Å². The van der Waals surface area contributed by atoms with Crippen LogP contribution in [0.5, 0.6) is 11.6 Å². The first-order valence-electron chi connectivity index (χ1n) is 9.12. The van der Waals surface area contributed by atoms with Crippen LogP contribution in [-0.4, -0.2) is 39.6 Å². The summed E-state index contributed by atoms with van der Waals surface area (Å²) in [7, 11) is 0. The lowest BCUT2D eigenvalue weighted by molar-refractivity contribution is -0.137. The first kappa shape index (κ1) is 19.8. The van der Waals surface area contributed by atoms with Crippen LogP contribution in [0.2, 0.25) is 0 Å². The Kier molecular flexibility index (Phi) is 4.89. The third kappa shape index (κ3) is 3.96. The summed E-state index contributed by atoms with van der Waals surface area (Å²) in [6, 6.07) is 10.3. The maximum Gasteiger partial charge on any atom is 0.417 e. The van der Waals surface area contributed by atoms with Crippen LogP contribution in [0.1, 0.15) is 23.0 Å². The van der Waals surface area contributed by atoms with Crippen molar-refractivity contribution in [3.05, 3.63) is 59.9 Å². The predicted octanol–water partition coefficient (Wildman–Crippen LogP) is 4.10. The zero-order chi connectivity index (χ0) is 21.5. The van der Waals surface area contributed by atoms with Gasteiger partial charge in [0.15, 0.2) is 0 Å². The van der Waals surface area contributed by atoms with Crippen molar-refractivity contribution < 1.29 is 27.5 Å². The molecule has 3 aromatic rings. The van der Waals surface area contributed by atoms with Crippen molar-refractivity contribution in [3.63, 3.8) is 0 Å². The van der Waals surface area contributed by atoms with E-state index in [1.165, 1.54) is 6.92 Å². The van der Waals surface area contributed by atoms with E-state index in [0.29, 0.717) is 35.9 Å². The number of ketones is 1. The molecule has 0 saturated carbocycles. The van der Waals surface area contributed by atoms with Crippen LogP contribution in [0.3, 0.4) is 0 Å². The Hall–Kier alpha value is -3.49. The van der Waals surface area contributed by atoms with E-state index < -0.39 is 11.7 Å². The van der Waals surface area contributed by atoms with Gasteiger partial charge in [0.1, 0.15) is 17.2 Å². The number of halogens is 3. The predicted molar refractivity (Wildman–Crippen MR) is 101 cm³/mol. The number of amides is 1. The lowest BCUT2D eigenvalue weighted by atomic mass is 9.96. The highest BCUT2D eigenvalue weighted by atomic mass is 19.4. The van der Waals surface area contributed by atoms with Gasteiger partial charge in [0, 0.05) is 30.7 Å². The second-order valence-electron chi connectivity index (χ2n) is 7.05. The average Bonchev–Trinajstić information content (AvgIpc) is 2.65. The van der Waals surface area contributed by atoms with Crippen LogP contribution >= 0.6 is 0 Å². The summed E-state index contributed by atoms with van der Waals surface area (Å²) in [6.07, 6.45) is -3.75. The smallest absolute Gasteiger partial charge is 0.417 e. The topological polar surface area (TPSA) is 72.4 Å². The summed E-state index contributed by atoms with van der Waals surface area (Å²) in [5.74, 6) is 0.139. The third-order valence-electron chi connectivity index (χ3n) is 4.91. The van der Waals surface area contributed by atoms with Crippen molar-refractivity contribution in [2.24, 2.45) is 5.92 Å². The standard InChI is InChI=1S/C21H16F3N3O3/c1-12(28)14-10-27(11-14)20(29)18-5-2-13-8-16(4-6-17(13)26-18)30-19-7-3-15(9-25-19)21(22,23)24/h2-9,14H,10-11H2,1H3. The monoisotopic (exact) mass is 415 g/mol. The molecule has 154 valence electrons. The number of hydrogen-bond acceptors (Lipinski definition) is 5. The lowest BCUT2D eigenvalue weighted by Crippen LogP contribution is -2.52. The van der Waals surface area contributed by atoms with Crippen LogP contribution in [0.4, 0.5) is 13.2 Å². The molecule has 30 heavy (non-hydrogen) atoms. The normalized spacial score (nSPS) is 14.5. The van der Waals surface area contributed by atoms with Crippen molar-refractivity contribution in [2.75, 3.05) is 13.1 Å². The van der Waals surface area contributed by atoms with Gasteiger partial charge in [-0.3, -0.25) is 9.59 Å². The van der Waals surface area contributed by atoms with Crippen molar-refractivity contribution in [1.82, 2.24) is 14.9 Å². The fraction of sp³-hybridized carbons (Fsp3) is 0.238. The van der Waals surface area contributed by atoms with Gasteiger partial charge in [-0.2, -0.15) is 13.2 Å². The molecule has 0 bridgehead atoms. The molecule has 0 N–H and O–H groups in total. The van der Waals surface area contributed by atoms with Gasteiger partial charge in [0.2, 0.25) is 5.88 Å². The fourth-order valence-electron chi connectivity index (χ4n) is 3.08. The van der Waals surface area contributed by atoms with Gasteiger partial charge in [-0.25, -0.2) is 9.97 Å². The van der Waals surface area contributed by atoms with Crippen LogP contribution < -0.4 is 4.74 Å². The second kappa shape index (κ2) is 7.40. The van der Waals surface area contributed by atoms with Crippen LogP contribution in [-0.2, 0) is 11.0 Å². The Morgan fingerprint density at radius 1 is 1.10 bits per heavy atom. The van der Waals surface area contributed by atoms with Crippen molar-refractivity contribution in [1.29, 1.82) is 0 Å². The molecule has 4 rings (SSSR count). The fourth-order valence-corrected chi connectivity index (χ4v) is 3.08. The Bertz CT molecular complexity index is 1120. The van der Waals surface area contributed by atoms with Crippen LogP contribution in [0.15, 0.2) is 48.7 Å². The zero-order valence-corrected chi connectivity index (χ0v) is 15.8. The third-order valence-corrected chi connectivity index (χ3v) is 4.91. The van der Waals surface area contributed by atoms with E-state index in [1.807, 2.05) is 0 Å². The second-order valence-corrected chi connectivity index (χ2v) is 7.05.